The van der Waals surface area contributed by atoms with Gasteiger partial charge in [-0.05, 0) is 25.0 Å². The van der Waals surface area contributed by atoms with Crippen LogP contribution in [0.2, 0.25) is 0 Å². The predicted octanol–water partition coefficient (Wildman–Crippen LogP) is 2.60. The van der Waals surface area contributed by atoms with Crippen molar-refractivity contribution in [3.05, 3.63) is 24.1 Å². The van der Waals surface area contributed by atoms with Crippen molar-refractivity contribution in [3.8, 4) is 0 Å². The highest BCUT2D eigenvalue weighted by atomic mass is 19.1. The van der Waals surface area contributed by atoms with E-state index in [4.69, 9.17) is 0 Å². The normalized spacial score (nSPS) is 19.5. The monoisotopic (exact) mass is 240 g/mol. The van der Waals surface area contributed by atoms with E-state index in [0.717, 1.165) is 25.2 Å². The number of hydrogen-bond acceptors (Lipinski definition) is 3. The van der Waals surface area contributed by atoms with E-state index >= 15 is 0 Å². The number of nitrogens with zero attached hydrogens (tertiary/aromatic N) is 2. The summed E-state index contributed by atoms with van der Waals surface area (Å²) >= 11 is 0. The van der Waals surface area contributed by atoms with Crippen LogP contribution in [0.3, 0.4) is 0 Å². The average molecular weight is 240 g/mol. The van der Waals surface area contributed by atoms with Crippen LogP contribution in [0.4, 0.5) is 10.2 Å². The quantitative estimate of drug-likeness (QED) is 0.819. The average Bonchev–Trinajstić information content (AvgIpc) is 2.31. The number of piperidine rings is 1. The van der Waals surface area contributed by atoms with Crippen molar-refractivity contribution in [1.29, 1.82) is 0 Å². The van der Waals surface area contributed by atoms with Crippen LogP contribution in [0.25, 0.3) is 0 Å². The molecule has 2 heterocycles. The molecule has 0 spiro atoms. The van der Waals surface area contributed by atoms with Crippen LogP contribution in [0.1, 0.15) is 33.1 Å². The third kappa shape index (κ3) is 4.69. The zero-order valence-corrected chi connectivity index (χ0v) is 10.6. The van der Waals surface area contributed by atoms with E-state index in [-0.39, 0.29) is 11.9 Å². The fourth-order valence-corrected chi connectivity index (χ4v) is 1.72. The number of aromatic nitrogens is 1. The molecule has 1 fully saturated rings. The third-order valence-electron chi connectivity index (χ3n) is 2.43. The molecule has 1 N–H and O–H groups in total. The number of aliphatic hydroxyl groups is 1. The summed E-state index contributed by atoms with van der Waals surface area (Å²) in [7, 11) is 0. The first-order valence-electron chi connectivity index (χ1n) is 6.22. The fraction of sp³-hybridized carbons (Fsp3) is 0.615. The van der Waals surface area contributed by atoms with E-state index < -0.39 is 0 Å². The van der Waals surface area contributed by atoms with Gasteiger partial charge in [0, 0.05) is 13.1 Å². The summed E-state index contributed by atoms with van der Waals surface area (Å²) in [6, 6.07) is 3.04. The van der Waals surface area contributed by atoms with E-state index in [9.17, 15) is 9.50 Å². The highest BCUT2D eigenvalue weighted by Gasteiger charge is 2.18. The van der Waals surface area contributed by atoms with E-state index in [1.807, 2.05) is 4.90 Å². The Morgan fingerprint density at radius 3 is 2.71 bits per heavy atom. The van der Waals surface area contributed by atoms with Gasteiger partial charge in [-0.1, -0.05) is 20.3 Å². The molecular weight excluding hydrogens is 219 g/mol. The lowest BCUT2D eigenvalue weighted by atomic mass is 10.1. The first-order chi connectivity index (χ1) is 8.17. The van der Waals surface area contributed by atoms with Gasteiger partial charge in [0.1, 0.15) is 11.6 Å². The molecule has 3 nitrogen and oxygen atoms in total. The number of halogens is 1. The summed E-state index contributed by atoms with van der Waals surface area (Å²) in [5.41, 5.74) is 0. The van der Waals surface area contributed by atoms with Gasteiger partial charge >= 0.3 is 0 Å². The van der Waals surface area contributed by atoms with E-state index in [0.29, 0.717) is 6.54 Å². The Hall–Kier alpha value is -1.16. The Balaban J connectivity index is 0.000000437. The molecule has 1 aromatic rings. The first-order valence-corrected chi connectivity index (χ1v) is 6.22. The largest absolute Gasteiger partial charge is 0.391 e. The lowest BCUT2D eigenvalue weighted by molar-refractivity contribution is 0.154. The molecule has 4 heteroatoms. The predicted molar refractivity (Wildman–Crippen MR) is 67.6 cm³/mol. The van der Waals surface area contributed by atoms with Crippen molar-refractivity contribution >= 4 is 5.82 Å². The van der Waals surface area contributed by atoms with Crippen LogP contribution in [0.5, 0.6) is 0 Å². The molecule has 1 aliphatic rings. The molecule has 1 aliphatic heterocycles. The molecule has 0 aromatic carbocycles. The third-order valence-corrected chi connectivity index (χ3v) is 2.43. The number of rotatable bonds is 1. The maximum Gasteiger partial charge on any atom is 0.141 e. The van der Waals surface area contributed by atoms with Crippen LogP contribution >= 0.6 is 0 Å². The zero-order chi connectivity index (χ0) is 12.7. The molecule has 1 atom stereocenters. The Kier molecular flexibility index (Phi) is 5.91. The Labute approximate surface area is 102 Å². The molecule has 0 saturated carbocycles. The Bertz CT molecular complexity index is 316. The summed E-state index contributed by atoms with van der Waals surface area (Å²) < 4.78 is 12.6. The highest BCUT2D eigenvalue weighted by molar-refractivity contribution is 5.38. The molecule has 1 aromatic heterocycles. The molecule has 2 rings (SSSR count). The van der Waals surface area contributed by atoms with Gasteiger partial charge in [-0.25, -0.2) is 9.37 Å². The standard InChI is InChI=1S/C10H13FN2O.C3H8/c11-8-3-4-10(12-6-8)13-5-1-2-9(14)7-13;1-3-2/h3-4,6,9,14H,1-2,5,7H2;3H2,1-2H3. The topological polar surface area (TPSA) is 36.4 Å². The second-order valence-electron chi connectivity index (χ2n) is 4.28. The van der Waals surface area contributed by atoms with Gasteiger partial charge in [-0.15, -0.1) is 0 Å². The van der Waals surface area contributed by atoms with E-state index in [2.05, 4.69) is 18.8 Å². The molecule has 96 valence electrons. The van der Waals surface area contributed by atoms with Gasteiger partial charge in [0.25, 0.3) is 0 Å². The minimum Gasteiger partial charge on any atom is -0.391 e. The van der Waals surface area contributed by atoms with Crippen LogP contribution in [-0.4, -0.2) is 29.3 Å². The molecule has 0 radical (unpaired) electrons. The summed E-state index contributed by atoms with van der Waals surface area (Å²) in [6.07, 6.45) is 3.98. The Morgan fingerprint density at radius 2 is 2.18 bits per heavy atom. The van der Waals surface area contributed by atoms with Crippen molar-refractivity contribution in [2.24, 2.45) is 0 Å². The molecule has 1 saturated heterocycles. The van der Waals surface area contributed by atoms with Crippen LogP contribution in [-0.2, 0) is 0 Å². The zero-order valence-electron chi connectivity index (χ0n) is 10.6. The summed E-state index contributed by atoms with van der Waals surface area (Å²) in [4.78, 5) is 5.96. The molecule has 17 heavy (non-hydrogen) atoms. The summed E-state index contributed by atoms with van der Waals surface area (Å²) in [5, 5.41) is 9.45. The van der Waals surface area contributed by atoms with Gasteiger partial charge in [-0.3, -0.25) is 0 Å². The van der Waals surface area contributed by atoms with Crippen molar-refractivity contribution < 1.29 is 9.50 Å². The summed E-state index contributed by atoms with van der Waals surface area (Å²) in [5.74, 6) is 0.413. The van der Waals surface area contributed by atoms with Gasteiger partial charge in [0.15, 0.2) is 0 Å². The number of hydrogen-bond donors (Lipinski definition) is 1. The van der Waals surface area contributed by atoms with Gasteiger partial charge in [-0.2, -0.15) is 0 Å². The molecule has 1 unspecified atom stereocenters. The lowest BCUT2D eigenvalue weighted by Crippen LogP contribution is -2.38. The lowest BCUT2D eigenvalue weighted by Gasteiger charge is -2.30. The summed E-state index contributed by atoms with van der Waals surface area (Å²) in [6.45, 7) is 5.73. The van der Waals surface area contributed by atoms with Gasteiger partial charge in [0.05, 0.1) is 12.3 Å². The van der Waals surface area contributed by atoms with Crippen molar-refractivity contribution in [2.45, 2.75) is 39.2 Å². The smallest absolute Gasteiger partial charge is 0.141 e. The maximum absolute atomic E-state index is 12.6. The molecular formula is C13H21FN2O. The minimum absolute atomic E-state index is 0.282. The van der Waals surface area contributed by atoms with Crippen LogP contribution in [0, 0.1) is 5.82 Å². The second kappa shape index (κ2) is 7.22. The minimum atomic E-state index is -0.327. The number of anilines is 1. The van der Waals surface area contributed by atoms with Gasteiger partial charge in [0.2, 0.25) is 0 Å². The molecule has 0 bridgehead atoms. The Morgan fingerprint density at radius 1 is 1.47 bits per heavy atom. The highest BCUT2D eigenvalue weighted by Crippen LogP contribution is 2.17. The molecule has 0 aliphatic carbocycles. The van der Waals surface area contributed by atoms with Crippen molar-refractivity contribution in [3.63, 3.8) is 0 Å². The van der Waals surface area contributed by atoms with Crippen LogP contribution < -0.4 is 4.90 Å². The van der Waals surface area contributed by atoms with Gasteiger partial charge < -0.3 is 10.0 Å². The number of aliphatic hydroxyl groups excluding tert-OH is 1. The number of β-amino-alcohol motifs (C(OH)–C–C–N with tert-alkyl or cyclic N) is 1. The van der Waals surface area contributed by atoms with Crippen molar-refractivity contribution in [1.82, 2.24) is 4.98 Å². The SMILES string of the molecule is CCC.OC1CCCN(c2ccc(F)cn2)C1. The van der Waals surface area contributed by atoms with Crippen LogP contribution in [0.15, 0.2) is 18.3 Å². The maximum atomic E-state index is 12.6. The van der Waals surface area contributed by atoms with Crippen molar-refractivity contribution in [2.75, 3.05) is 18.0 Å². The molecule has 0 amide bonds. The van der Waals surface area contributed by atoms with E-state index in [1.165, 1.54) is 18.7 Å². The number of pyridine rings is 1. The first kappa shape index (κ1) is 13.9. The van der Waals surface area contributed by atoms with E-state index in [1.54, 1.807) is 6.07 Å². The fourth-order valence-electron chi connectivity index (χ4n) is 1.72. The second-order valence-corrected chi connectivity index (χ2v) is 4.28.